The van der Waals surface area contributed by atoms with Crippen molar-refractivity contribution >= 4 is 28.2 Å². The summed E-state index contributed by atoms with van der Waals surface area (Å²) in [7, 11) is -1.40. The molecule has 0 spiro atoms. The number of halogens is 1. The predicted molar refractivity (Wildman–Crippen MR) is 109 cm³/mol. The largest absolute Gasteiger partial charge is 0.493 e. The third-order valence-electron chi connectivity index (χ3n) is 4.79. The van der Waals surface area contributed by atoms with Crippen LogP contribution >= 0.6 is 12.4 Å². The number of ether oxygens (including phenoxy) is 1. The first kappa shape index (κ1) is 23.7. The van der Waals surface area contributed by atoms with Gasteiger partial charge in [-0.3, -0.25) is 4.79 Å². The van der Waals surface area contributed by atoms with Gasteiger partial charge in [0.2, 0.25) is 5.91 Å². The van der Waals surface area contributed by atoms with Crippen LogP contribution in [0.4, 0.5) is 0 Å². The van der Waals surface area contributed by atoms with Crippen molar-refractivity contribution in [3.63, 3.8) is 0 Å². The van der Waals surface area contributed by atoms with Crippen molar-refractivity contribution in [2.24, 2.45) is 5.92 Å². The lowest BCUT2D eigenvalue weighted by Gasteiger charge is -2.23. The molecule has 154 valence electrons. The van der Waals surface area contributed by atoms with Crippen molar-refractivity contribution < 1.29 is 17.9 Å². The van der Waals surface area contributed by atoms with Crippen LogP contribution in [0.25, 0.3) is 0 Å². The summed E-state index contributed by atoms with van der Waals surface area (Å²) in [5.41, 5.74) is 0. The maximum Gasteiger partial charge on any atom is 0.222 e. The summed E-state index contributed by atoms with van der Waals surface area (Å²) in [5.74, 6) is 1.38. The van der Waals surface area contributed by atoms with E-state index in [-0.39, 0.29) is 23.2 Å². The number of nitrogens with one attached hydrogen (secondary N) is 1. The Balaban J connectivity index is 0.00000364. The minimum atomic E-state index is -3.23. The van der Waals surface area contributed by atoms with Gasteiger partial charge >= 0.3 is 0 Å². The van der Waals surface area contributed by atoms with Gasteiger partial charge in [0.15, 0.2) is 9.84 Å². The second-order valence-corrected chi connectivity index (χ2v) is 9.01. The van der Waals surface area contributed by atoms with E-state index in [4.69, 9.17) is 4.74 Å². The zero-order valence-electron chi connectivity index (χ0n) is 16.1. The third kappa shape index (κ3) is 8.49. The van der Waals surface area contributed by atoms with Crippen LogP contribution in [0.5, 0.6) is 5.75 Å². The van der Waals surface area contributed by atoms with Gasteiger partial charge < -0.3 is 15.0 Å². The van der Waals surface area contributed by atoms with Gasteiger partial charge in [-0.25, -0.2) is 8.42 Å². The van der Waals surface area contributed by atoms with Crippen molar-refractivity contribution in [2.75, 3.05) is 39.5 Å². The Labute approximate surface area is 169 Å². The molecule has 1 amide bonds. The highest BCUT2D eigenvalue weighted by Crippen LogP contribution is 2.19. The standard InChI is InChI=1S/C19H30N2O4S.ClH/c1-21(19(22)8-7-16-9-11-20-12-10-16)13-4-14-25-17-5-3-6-18(15-17)26(2,23)24;/h3,5-6,15-16,20H,4,7-14H2,1-2H3;1H. The molecule has 0 unspecified atom stereocenters. The van der Waals surface area contributed by atoms with E-state index < -0.39 is 9.84 Å². The number of sulfone groups is 1. The lowest BCUT2D eigenvalue weighted by atomic mass is 9.93. The van der Waals surface area contributed by atoms with E-state index in [9.17, 15) is 13.2 Å². The number of piperidine rings is 1. The average molecular weight is 419 g/mol. The maximum atomic E-state index is 12.2. The van der Waals surface area contributed by atoms with Gasteiger partial charge in [-0.1, -0.05) is 6.07 Å². The van der Waals surface area contributed by atoms with Crippen LogP contribution in [0.2, 0.25) is 0 Å². The van der Waals surface area contributed by atoms with Gasteiger partial charge in [-0.15, -0.1) is 12.4 Å². The number of hydrogen-bond acceptors (Lipinski definition) is 5. The maximum absolute atomic E-state index is 12.2. The Morgan fingerprint density at radius 2 is 2.00 bits per heavy atom. The first-order valence-electron chi connectivity index (χ1n) is 9.24. The van der Waals surface area contributed by atoms with E-state index in [1.54, 1.807) is 23.1 Å². The minimum absolute atomic E-state index is 0. The molecule has 0 radical (unpaired) electrons. The quantitative estimate of drug-likeness (QED) is 0.623. The molecule has 6 nitrogen and oxygen atoms in total. The molecular weight excluding hydrogens is 388 g/mol. The highest BCUT2D eigenvalue weighted by molar-refractivity contribution is 7.90. The molecule has 0 aliphatic carbocycles. The van der Waals surface area contributed by atoms with Crippen LogP contribution in [0.15, 0.2) is 29.2 Å². The predicted octanol–water partition coefficient (Wildman–Crippen LogP) is 2.52. The van der Waals surface area contributed by atoms with Crippen molar-refractivity contribution in [3.05, 3.63) is 24.3 Å². The highest BCUT2D eigenvalue weighted by atomic mass is 35.5. The summed E-state index contributed by atoms with van der Waals surface area (Å²) in [6.45, 7) is 3.20. The Morgan fingerprint density at radius 1 is 1.30 bits per heavy atom. The second kappa shape index (κ2) is 11.5. The van der Waals surface area contributed by atoms with Gasteiger partial charge in [0.1, 0.15) is 5.75 Å². The van der Waals surface area contributed by atoms with Gasteiger partial charge in [-0.05, 0) is 62.9 Å². The van der Waals surface area contributed by atoms with Crippen LogP contribution < -0.4 is 10.1 Å². The van der Waals surface area contributed by atoms with Crippen LogP contribution in [-0.4, -0.2) is 58.8 Å². The number of benzene rings is 1. The number of hydrogen-bond donors (Lipinski definition) is 1. The molecule has 1 aliphatic heterocycles. The molecule has 0 atom stereocenters. The summed E-state index contributed by atoms with van der Waals surface area (Å²) in [4.78, 5) is 14.2. The molecular formula is C19H31ClN2O4S. The number of carbonyl (C=O) groups is 1. The summed E-state index contributed by atoms with van der Waals surface area (Å²) < 4.78 is 28.7. The number of rotatable bonds is 9. The number of amides is 1. The van der Waals surface area contributed by atoms with Crippen molar-refractivity contribution in [1.29, 1.82) is 0 Å². The number of carbonyl (C=O) groups excluding carboxylic acids is 1. The van der Waals surface area contributed by atoms with Crippen LogP contribution in [0.1, 0.15) is 32.1 Å². The smallest absolute Gasteiger partial charge is 0.222 e. The zero-order chi connectivity index (χ0) is 19.0. The van der Waals surface area contributed by atoms with Crippen LogP contribution in [0.3, 0.4) is 0 Å². The van der Waals surface area contributed by atoms with Gasteiger partial charge in [0.05, 0.1) is 11.5 Å². The molecule has 1 fully saturated rings. The first-order valence-corrected chi connectivity index (χ1v) is 11.1. The van der Waals surface area contributed by atoms with E-state index in [1.807, 2.05) is 7.05 Å². The minimum Gasteiger partial charge on any atom is -0.493 e. The van der Waals surface area contributed by atoms with Crippen molar-refractivity contribution in [1.82, 2.24) is 10.2 Å². The van der Waals surface area contributed by atoms with E-state index in [1.165, 1.54) is 12.3 Å². The van der Waals surface area contributed by atoms with Crippen LogP contribution in [-0.2, 0) is 14.6 Å². The molecule has 0 saturated carbocycles. The summed E-state index contributed by atoms with van der Waals surface area (Å²) in [6.07, 6.45) is 5.79. The first-order chi connectivity index (χ1) is 12.4. The Morgan fingerprint density at radius 3 is 2.67 bits per heavy atom. The Hall–Kier alpha value is -1.31. The van der Waals surface area contributed by atoms with Gasteiger partial charge in [0.25, 0.3) is 0 Å². The molecule has 0 aromatic heterocycles. The third-order valence-corrected chi connectivity index (χ3v) is 5.90. The highest BCUT2D eigenvalue weighted by Gasteiger charge is 2.16. The molecule has 0 bridgehead atoms. The lowest BCUT2D eigenvalue weighted by Crippen LogP contribution is -2.31. The molecule has 1 aromatic rings. The molecule has 1 heterocycles. The SMILES string of the molecule is CN(CCCOc1cccc(S(C)(=O)=O)c1)C(=O)CCC1CCNCC1.Cl. The molecule has 2 rings (SSSR count). The molecule has 1 N–H and O–H groups in total. The van der Waals surface area contributed by atoms with E-state index in [0.717, 1.165) is 32.4 Å². The molecule has 1 saturated heterocycles. The fourth-order valence-electron chi connectivity index (χ4n) is 3.10. The summed E-state index contributed by atoms with van der Waals surface area (Å²) in [5, 5.41) is 3.34. The molecule has 1 aliphatic rings. The topological polar surface area (TPSA) is 75.7 Å². The summed E-state index contributed by atoms with van der Waals surface area (Å²) >= 11 is 0. The van der Waals surface area contributed by atoms with Crippen LogP contribution in [0, 0.1) is 5.92 Å². The monoisotopic (exact) mass is 418 g/mol. The van der Waals surface area contributed by atoms with Gasteiger partial charge in [0, 0.05) is 26.3 Å². The molecule has 8 heteroatoms. The van der Waals surface area contributed by atoms with Crippen molar-refractivity contribution in [2.45, 2.75) is 37.0 Å². The second-order valence-electron chi connectivity index (χ2n) is 7.00. The Bertz CT molecular complexity index is 691. The number of nitrogens with zero attached hydrogens (tertiary/aromatic N) is 1. The van der Waals surface area contributed by atoms with Crippen molar-refractivity contribution in [3.8, 4) is 5.75 Å². The van der Waals surface area contributed by atoms with E-state index >= 15 is 0 Å². The molecule has 27 heavy (non-hydrogen) atoms. The fourth-order valence-corrected chi connectivity index (χ4v) is 3.76. The average Bonchev–Trinajstić information content (AvgIpc) is 2.63. The van der Waals surface area contributed by atoms with E-state index in [2.05, 4.69) is 5.32 Å². The molecule has 1 aromatic carbocycles. The Kier molecular flexibility index (Phi) is 10.1. The van der Waals surface area contributed by atoms with Gasteiger partial charge in [-0.2, -0.15) is 0 Å². The van der Waals surface area contributed by atoms with E-state index in [0.29, 0.717) is 37.7 Å². The normalized spacial score (nSPS) is 15.0. The fraction of sp³-hybridized carbons (Fsp3) is 0.632. The summed E-state index contributed by atoms with van der Waals surface area (Å²) in [6, 6.07) is 6.49. The lowest BCUT2D eigenvalue weighted by molar-refractivity contribution is -0.130. The zero-order valence-corrected chi connectivity index (χ0v) is 17.8.